The second-order valence-corrected chi connectivity index (χ2v) is 9.65. The Morgan fingerprint density at radius 3 is 2.65 bits per heavy atom. The van der Waals surface area contributed by atoms with Crippen LogP contribution in [0.5, 0.6) is 0 Å². The molecular weight excluding hydrogens is 446 g/mol. The zero-order chi connectivity index (χ0) is 24.2. The third kappa shape index (κ3) is 5.01. The maximum Gasteiger partial charge on any atom is 0.254 e. The van der Waals surface area contributed by atoms with Gasteiger partial charge in [-0.05, 0) is 69.4 Å². The van der Waals surface area contributed by atoms with Crippen LogP contribution >= 0.6 is 11.8 Å². The number of nitrogens with zero attached hydrogens (tertiary/aromatic N) is 4. The minimum Gasteiger partial charge on any atom is -0.328 e. The molecule has 34 heavy (non-hydrogen) atoms. The lowest BCUT2D eigenvalue weighted by Gasteiger charge is -2.25. The molecule has 0 bridgehead atoms. The van der Waals surface area contributed by atoms with Crippen LogP contribution in [0.2, 0.25) is 0 Å². The van der Waals surface area contributed by atoms with Crippen LogP contribution in [0.25, 0.3) is 0 Å². The molecule has 0 saturated carbocycles. The zero-order valence-electron chi connectivity index (χ0n) is 20.2. The first-order valence-electron chi connectivity index (χ1n) is 11.7. The average molecular weight is 478 g/mol. The molecule has 178 valence electrons. The minimum atomic E-state index is -0.113. The summed E-state index contributed by atoms with van der Waals surface area (Å²) in [5.74, 6) is 0.984. The summed E-state index contributed by atoms with van der Waals surface area (Å²) >= 11 is 1.37. The molecule has 7 nitrogen and oxygen atoms in total. The van der Waals surface area contributed by atoms with Crippen molar-refractivity contribution in [3.63, 3.8) is 0 Å². The van der Waals surface area contributed by atoms with Crippen molar-refractivity contribution in [2.75, 3.05) is 17.6 Å². The zero-order valence-corrected chi connectivity index (χ0v) is 21.0. The number of nitrogens with one attached hydrogen (secondary N) is 1. The molecule has 3 aromatic rings. The predicted molar refractivity (Wildman–Crippen MR) is 135 cm³/mol. The topological polar surface area (TPSA) is 80.1 Å². The van der Waals surface area contributed by atoms with E-state index in [9.17, 15) is 9.59 Å². The molecule has 1 atom stereocenters. The monoisotopic (exact) mass is 477 g/mol. The van der Waals surface area contributed by atoms with Crippen molar-refractivity contribution in [1.82, 2.24) is 19.7 Å². The average Bonchev–Trinajstić information content (AvgIpc) is 3.46. The minimum absolute atomic E-state index is 0.0355. The van der Waals surface area contributed by atoms with E-state index in [2.05, 4.69) is 15.5 Å². The molecule has 1 N–H and O–H groups in total. The number of carbonyl (C=O) groups is 2. The van der Waals surface area contributed by atoms with Gasteiger partial charge in [0.1, 0.15) is 0 Å². The Balaban J connectivity index is 1.47. The number of carbonyl (C=O) groups excluding carboxylic acids is 2. The smallest absolute Gasteiger partial charge is 0.254 e. The number of amides is 2. The first-order chi connectivity index (χ1) is 16.4. The number of hydrogen-bond acceptors (Lipinski definition) is 5. The molecule has 1 aromatic heterocycles. The SMILES string of the molecule is CCn1c(SCC(=O)Nc2cc(C)ccc2C)nnc1C1CCCN1C(=O)c1ccccc1C. The third-order valence-corrected chi connectivity index (χ3v) is 7.22. The molecule has 8 heteroatoms. The molecule has 1 aliphatic heterocycles. The molecule has 0 radical (unpaired) electrons. The number of rotatable bonds is 7. The van der Waals surface area contributed by atoms with E-state index in [1.165, 1.54) is 11.8 Å². The Morgan fingerprint density at radius 1 is 1.09 bits per heavy atom. The van der Waals surface area contributed by atoms with Crippen molar-refractivity contribution in [3.8, 4) is 0 Å². The molecule has 0 aliphatic carbocycles. The number of anilines is 1. The first kappa shape index (κ1) is 24.0. The summed E-state index contributed by atoms with van der Waals surface area (Å²) in [7, 11) is 0. The van der Waals surface area contributed by atoms with Gasteiger partial charge in [-0.25, -0.2) is 0 Å². The number of hydrogen-bond donors (Lipinski definition) is 1. The Morgan fingerprint density at radius 2 is 1.88 bits per heavy atom. The van der Waals surface area contributed by atoms with Gasteiger partial charge in [0.15, 0.2) is 11.0 Å². The van der Waals surface area contributed by atoms with E-state index in [4.69, 9.17) is 0 Å². The molecule has 2 heterocycles. The highest BCUT2D eigenvalue weighted by Crippen LogP contribution is 2.34. The van der Waals surface area contributed by atoms with Gasteiger partial charge in [-0.3, -0.25) is 9.59 Å². The molecule has 2 aromatic carbocycles. The fraction of sp³-hybridized carbons (Fsp3) is 0.385. The molecule has 1 unspecified atom stereocenters. The van der Waals surface area contributed by atoms with Gasteiger partial charge < -0.3 is 14.8 Å². The molecular formula is C26H31N5O2S. The number of aromatic nitrogens is 3. The summed E-state index contributed by atoms with van der Waals surface area (Å²) in [6.45, 7) is 9.36. The second kappa shape index (κ2) is 10.4. The van der Waals surface area contributed by atoms with Gasteiger partial charge in [0.2, 0.25) is 5.91 Å². The normalized spacial score (nSPS) is 15.5. The summed E-state index contributed by atoms with van der Waals surface area (Å²) in [6, 6.07) is 13.6. The Labute approximate surface area is 205 Å². The van der Waals surface area contributed by atoms with Crippen molar-refractivity contribution in [1.29, 1.82) is 0 Å². The van der Waals surface area contributed by atoms with Crippen molar-refractivity contribution in [3.05, 3.63) is 70.5 Å². The molecule has 1 saturated heterocycles. The number of likely N-dealkylation sites (tertiary alicyclic amines) is 1. The number of thioether (sulfide) groups is 1. The highest BCUT2D eigenvalue weighted by molar-refractivity contribution is 7.99. The van der Waals surface area contributed by atoms with Crippen LogP contribution < -0.4 is 5.32 Å². The van der Waals surface area contributed by atoms with Gasteiger partial charge in [0, 0.05) is 24.3 Å². The van der Waals surface area contributed by atoms with E-state index in [0.29, 0.717) is 18.2 Å². The highest BCUT2D eigenvalue weighted by atomic mass is 32.2. The largest absolute Gasteiger partial charge is 0.328 e. The molecule has 2 amide bonds. The van der Waals surface area contributed by atoms with Crippen LogP contribution in [0.1, 0.15) is 58.7 Å². The van der Waals surface area contributed by atoms with Crippen molar-refractivity contribution in [2.24, 2.45) is 0 Å². The Hall–Kier alpha value is -3.13. The van der Waals surface area contributed by atoms with Gasteiger partial charge in [0.25, 0.3) is 5.91 Å². The van der Waals surface area contributed by atoms with Crippen LogP contribution in [-0.4, -0.2) is 43.8 Å². The van der Waals surface area contributed by atoms with Gasteiger partial charge >= 0.3 is 0 Å². The maximum atomic E-state index is 13.3. The summed E-state index contributed by atoms with van der Waals surface area (Å²) in [5, 5.41) is 12.6. The van der Waals surface area contributed by atoms with Crippen LogP contribution in [0, 0.1) is 20.8 Å². The fourth-order valence-electron chi connectivity index (χ4n) is 4.38. The van der Waals surface area contributed by atoms with Crippen LogP contribution in [0.4, 0.5) is 5.69 Å². The van der Waals surface area contributed by atoms with E-state index in [-0.39, 0.29) is 23.6 Å². The molecule has 0 spiro atoms. The summed E-state index contributed by atoms with van der Waals surface area (Å²) in [5.41, 5.74) is 4.67. The van der Waals surface area contributed by atoms with Crippen molar-refractivity contribution < 1.29 is 9.59 Å². The second-order valence-electron chi connectivity index (χ2n) is 8.71. The van der Waals surface area contributed by atoms with Gasteiger partial charge in [-0.1, -0.05) is 42.1 Å². The van der Waals surface area contributed by atoms with E-state index in [1.807, 2.05) is 79.6 Å². The van der Waals surface area contributed by atoms with Crippen LogP contribution in [0.3, 0.4) is 0 Å². The van der Waals surface area contributed by atoms with E-state index in [0.717, 1.165) is 46.6 Å². The predicted octanol–water partition coefficient (Wildman–Crippen LogP) is 4.93. The molecule has 4 rings (SSSR count). The van der Waals surface area contributed by atoms with Crippen LogP contribution in [0.15, 0.2) is 47.6 Å². The van der Waals surface area contributed by atoms with Crippen molar-refractivity contribution >= 4 is 29.3 Å². The summed E-state index contributed by atoms with van der Waals surface area (Å²) in [4.78, 5) is 27.8. The summed E-state index contributed by atoms with van der Waals surface area (Å²) in [6.07, 6.45) is 1.78. The fourth-order valence-corrected chi connectivity index (χ4v) is 5.19. The van der Waals surface area contributed by atoms with Gasteiger partial charge in [-0.15, -0.1) is 10.2 Å². The summed E-state index contributed by atoms with van der Waals surface area (Å²) < 4.78 is 2.03. The number of aryl methyl sites for hydroxylation is 3. The standard InChI is InChI=1S/C26H31N5O2S/c1-5-30-24(22-11-8-14-31(22)25(33)20-10-7-6-9-18(20)3)28-29-26(30)34-16-23(32)27-21-15-17(2)12-13-19(21)4/h6-7,9-10,12-13,15,22H,5,8,11,14,16H2,1-4H3,(H,27,32). The number of benzene rings is 2. The van der Waals surface area contributed by atoms with Crippen LogP contribution in [-0.2, 0) is 11.3 Å². The molecule has 1 fully saturated rings. The maximum absolute atomic E-state index is 13.3. The first-order valence-corrected chi connectivity index (χ1v) is 12.7. The van der Waals surface area contributed by atoms with E-state index in [1.54, 1.807) is 0 Å². The van der Waals surface area contributed by atoms with Gasteiger partial charge in [-0.2, -0.15) is 0 Å². The highest BCUT2D eigenvalue weighted by Gasteiger charge is 2.35. The van der Waals surface area contributed by atoms with Crippen molar-refractivity contribution in [2.45, 2.75) is 58.3 Å². The van der Waals surface area contributed by atoms with E-state index >= 15 is 0 Å². The van der Waals surface area contributed by atoms with E-state index < -0.39 is 0 Å². The lowest BCUT2D eigenvalue weighted by molar-refractivity contribution is -0.113. The third-order valence-electron chi connectivity index (χ3n) is 6.25. The molecule has 1 aliphatic rings. The Bertz CT molecular complexity index is 1210. The quantitative estimate of drug-likeness (QED) is 0.488. The Kier molecular flexibility index (Phi) is 7.36. The lowest BCUT2D eigenvalue weighted by Crippen LogP contribution is -2.32. The van der Waals surface area contributed by atoms with Gasteiger partial charge in [0.05, 0.1) is 11.8 Å². The lowest BCUT2D eigenvalue weighted by atomic mass is 10.1.